The molecule has 1 fully saturated rings. The summed E-state index contributed by atoms with van der Waals surface area (Å²) in [4.78, 5) is 7.08. The molecule has 0 bridgehead atoms. The van der Waals surface area contributed by atoms with E-state index in [4.69, 9.17) is 14.5 Å². The third kappa shape index (κ3) is 5.56. The first-order valence-corrected chi connectivity index (χ1v) is 11.2. The van der Waals surface area contributed by atoms with Crippen LogP contribution in [0.25, 0.3) is 0 Å². The van der Waals surface area contributed by atoms with Gasteiger partial charge in [-0.3, -0.25) is 4.90 Å². The highest BCUT2D eigenvalue weighted by atomic mass is 32.1. The van der Waals surface area contributed by atoms with Gasteiger partial charge in [-0.05, 0) is 43.7 Å². The highest BCUT2D eigenvalue weighted by molar-refractivity contribution is 7.15. The quantitative estimate of drug-likeness (QED) is 0.549. The van der Waals surface area contributed by atoms with Gasteiger partial charge < -0.3 is 19.9 Å². The number of benzene rings is 1. The van der Waals surface area contributed by atoms with Crippen LogP contribution in [0.5, 0.6) is 5.75 Å². The standard InChI is InChI=1S/C22H27N5O3S/c1-3-29-19-8-7-16(11-17(19)14-28)12-27-9-10-30-20(13-27)18-5-4-6-21(23-18)24-22-26-25-15(2)31-22/h4-8,11,20,28H,3,9-10,12-14H2,1-2H3,(H,23,24,26)/t20-/m1/s1. The highest BCUT2D eigenvalue weighted by Gasteiger charge is 2.23. The smallest absolute Gasteiger partial charge is 0.211 e. The Bertz CT molecular complexity index is 1010. The Kier molecular flexibility index (Phi) is 7.08. The number of ether oxygens (including phenoxy) is 2. The first-order valence-electron chi connectivity index (χ1n) is 10.4. The number of aliphatic hydroxyl groups excluding tert-OH is 1. The summed E-state index contributed by atoms with van der Waals surface area (Å²) in [5, 5.41) is 22.6. The third-order valence-electron chi connectivity index (χ3n) is 5.01. The van der Waals surface area contributed by atoms with Gasteiger partial charge in [0.25, 0.3) is 0 Å². The van der Waals surface area contributed by atoms with Gasteiger partial charge in [0.1, 0.15) is 22.7 Å². The Balaban J connectivity index is 1.42. The van der Waals surface area contributed by atoms with E-state index in [9.17, 15) is 5.11 Å². The number of nitrogens with one attached hydrogen (secondary N) is 1. The fourth-order valence-corrected chi connectivity index (χ4v) is 4.19. The van der Waals surface area contributed by atoms with Gasteiger partial charge in [0, 0.05) is 25.2 Å². The van der Waals surface area contributed by atoms with Crippen LogP contribution in [0.4, 0.5) is 10.9 Å². The van der Waals surface area contributed by atoms with E-state index in [0.29, 0.717) is 13.2 Å². The van der Waals surface area contributed by atoms with E-state index in [0.717, 1.165) is 58.2 Å². The maximum Gasteiger partial charge on any atom is 0.211 e. The summed E-state index contributed by atoms with van der Waals surface area (Å²) in [6, 6.07) is 11.9. The van der Waals surface area contributed by atoms with Crippen molar-refractivity contribution in [2.75, 3.05) is 31.6 Å². The van der Waals surface area contributed by atoms with Crippen molar-refractivity contribution in [1.29, 1.82) is 0 Å². The average Bonchev–Trinajstić information content (AvgIpc) is 3.20. The Morgan fingerprint density at radius 2 is 2.19 bits per heavy atom. The molecule has 2 aromatic heterocycles. The third-order valence-corrected chi connectivity index (χ3v) is 5.77. The topological polar surface area (TPSA) is 92.6 Å². The van der Waals surface area contributed by atoms with E-state index in [1.165, 1.54) is 11.3 Å². The van der Waals surface area contributed by atoms with Crippen molar-refractivity contribution < 1.29 is 14.6 Å². The summed E-state index contributed by atoms with van der Waals surface area (Å²) < 4.78 is 11.6. The van der Waals surface area contributed by atoms with Crippen molar-refractivity contribution >= 4 is 22.3 Å². The van der Waals surface area contributed by atoms with Gasteiger partial charge in [-0.15, -0.1) is 10.2 Å². The molecule has 1 saturated heterocycles. The van der Waals surface area contributed by atoms with E-state index >= 15 is 0 Å². The van der Waals surface area contributed by atoms with Gasteiger partial charge in [-0.2, -0.15) is 0 Å². The molecule has 0 unspecified atom stereocenters. The summed E-state index contributed by atoms with van der Waals surface area (Å²) in [5.41, 5.74) is 2.85. The number of nitrogens with zero attached hydrogens (tertiary/aromatic N) is 4. The molecule has 3 aromatic rings. The number of hydrogen-bond acceptors (Lipinski definition) is 9. The summed E-state index contributed by atoms with van der Waals surface area (Å²) in [5.74, 6) is 1.47. The summed E-state index contributed by atoms with van der Waals surface area (Å²) in [6.45, 7) is 7.42. The number of hydrogen-bond donors (Lipinski definition) is 2. The first-order chi connectivity index (χ1) is 15.1. The molecule has 8 nitrogen and oxygen atoms in total. The number of anilines is 2. The number of aromatic nitrogens is 3. The molecule has 0 spiro atoms. The van der Waals surface area contributed by atoms with Crippen LogP contribution in [0.3, 0.4) is 0 Å². The second-order valence-electron chi connectivity index (χ2n) is 7.33. The fraction of sp³-hybridized carbons (Fsp3) is 0.409. The Labute approximate surface area is 185 Å². The largest absolute Gasteiger partial charge is 0.494 e. The van der Waals surface area contributed by atoms with Gasteiger partial charge in [0.15, 0.2) is 0 Å². The Morgan fingerprint density at radius 1 is 1.29 bits per heavy atom. The van der Waals surface area contributed by atoms with Crippen molar-refractivity contribution in [3.8, 4) is 5.75 Å². The van der Waals surface area contributed by atoms with Crippen molar-refractivity contribution in [1.82, 2.24) is 20.1 Å². The number of aryl methyl sites for hydroxylation is 1. The zero-order valence-corrected chi connectivity index (χ0v) is 18.6. The first kappa shape index (κ1) is 21.6. The molecule has 164 valence electrons. The number of rotatable bonds is 8. The SMILES string of the molecule is CCOc1ccc(CN2CCO[C@@H](c3cccc(Nc4nnc(C)s4)n3)C2)cc1CO. The molecule has 0 aliphatic carbocycles. The number of aliphatic hydroxyl groups is 1. The second-order valence-corrected chi connectivity index (χ2v) is 8.51. The van der Waals surface area contributed by atoms with Crippen LogP contribution in [-0.4, -0.2) is 51.5 Å². The van der Waals surface area contributed by atoms with Crippen LogP contribution in [0.1, 0.15) is 34.9 Å². The van der Waals surface area contributed by atoms with Crippen molar-refractivity contribution in [2.45, 2.75) is 33.1 Å². The summed E-state index contributed by atoms with van der Waals surface area (Å²) in [7, 11) is 0. The zero-order valence-electron chi connectivity index (χ0n) is 17.7. The lowest BCUT2D eigenvalue weighted by molar-refractivity contribution is -0.0349. The molecular weight excluding hydrogens is 414 g/mol. The molecule has 3 heterocycles. The second kappa shape index (κ2) is 10.1. The van der Waals surface area contributed by atoms with Gasteiger partial charge >= 0.3 is 0 Å². The van der Waals surface area contributed by atoms with Crippen LogP contribution < -0.4 is 10.1 Å². The van der Waals surface area contributed by atoms with Crippen molar-refractivity contribution in [3.05, 3.63) is 58.2 Å². The minimum atomic E-state index is -0.105. The molecule has 2 N–H and O–H groups in total. The van der Waals surface area contributed by atoms with E-state index in [1.807, 2.05) is 44.2 Å². The van der Waals surface area contributed by atoms with Gasteiger partial charge in [-0.1, -0.05) is 23.5 Å². The minimum Gasteiger partial charge on any atom is -0.494 e. The zero-order chi connectivity index (χ0) is 21.6. The molecule has 9 heteroatoms. The minimum absolute atomic E-state index is 0.0350. The number of pyridine rings is 1. The van der Waals surface area contributed by atoms with Crippen LogP contribution >= 0.6 is 11.3 Å². The lowest BCUT2D eigenvalue weighted by atomic mass is 10.1. The fourth-order valence-electron chi connectivity index (χ4n) is 3.59. The molecule has 0 amide bonds. The molecule has 1 aliphatic rings. The molecule has 31 heavy (non-hydrogen) atoms. The van der Waals surface area contributed by atoms with Gasteiger partial charge in [-0.25, -0.2) is 4.98 Å². The molecule has 0 radical (unpaired) electrons. The number of morpholine rings is 1. The maximum absolute atomic E-state index is 9.66. The van der Waals surface area contributed by atoms with Gasteiger partial charge in [0.2, 0.25) is 5.13 Å². The van der Waals surface area contributed by atoms with Gasteiger partial charge in [0.05, 0.1) is 25.5 Å². The van der Waals surface area contributed by atoms with E-state index in [-0.39, 0.29) is 12.7 Å². The van der Waals surface area contributed by atoms with Crippen LogP contribution in [0.15, 0.2) is 36.4 Å². The van der Waals surface area contributed by atoms with E-state index in [1.54, 1.807) is 0 Å². The molecule has 1 aliphatic heterocycles. The molecule has 4 rings (SSSR count). The predicted octanol–water partition coefficient (Wildman–Crippen LogP) is 3.45. The Hall–Kier alpha value is -2.59. The van der Waals surface area contributed by atoms with Crippen LogP contribution in [0.2, 0.25) is 0 Å². The van der Waals surface area contributed by atoms with E-state index < -0.39 is 0 Å². The van der Waals surface area contributed by atoms with Crippen LogP contribution in [-0.2, 0) is 17.9 Å². The Morgan fingerprint density at radius 3 is 2.97 bits per heavy atom. The van der Waals surface area contributed by atoms with E-state index in [2.05, 4.69) is 26.5 Å². The lowest BCUT2D eigenvalue weighted by Crippen LogP contribution is -2.38. The maximum atomic E-state index is 9.66. The van der Waals surface area contributed by atoms with Crippen molar-refractivity contribution in [3.63, 3.8) is 0 Å². The predicted molar refractivity (Wildman–Crippen MR) is 120 cm³/mol. The summed E-state index contributed by atoms with van der Waals surface area (Å²) >= 11 is 1.49. The lowest BCUT2D eigenvalue weighted by Gasteiger charge is -2.33. The van der Waals surface area contributed by atoms with Crippen molar-refractivity contribution in [2.24, 2.45) is 0 Å². The monoisotopic (exact) mass is 441 g/mol. The molecule has 1 atom stereocenters. The normalized spacial score (nSPS) is 16.9. The highest BCUT2D eigenvalue weighted by Crippen LogP contribution is 2.26. The molecule has 0 saturated carbocycles. The average molecular weight is 442 g/mol. The molecule has 1 aromatic carbocycles. The van der Waals surface area contributed by atoms with Crippen LogP contribution in [0, 0.1) is 6.92 Å². The summed E-state index contributed by atoms with van der Waals surface area (Å²) in [6.07, 6.45) is -0.105. The molecular formula is C22H27N5O3S.